The predicted octanol–water partition coefficient (Wildman–Crippen LogP) is 2.63. The molecule has 1 fully saturated rings. The second kappa shape index (κ2) is 7.30. The number of nitrogens with one attached hydrogen (secondary N) is 1. The number of hydrogen-bond donors (Lipinski definition) is 1. The van der Waals surface area contributed by atoms with Crippen molar-refractivity contribution < 1.29 is 9.59 Å². The van der Waals surface area contributed by atoms with Gasteiger partial charge in [-0.3, -0.25) is 14.5 Å². The first-order chi connectivity index (χ1) is 10.2. The summed E-state index contributed by atoms with van der Waals surface area (Å²) in [4.78, 5) is 25.3. The van der Waals surface area contributed by atoms with Gasteiger partial charge >= 0.3 is 0 Å². The zero-order chi connectivity index (χ0) is 15.1. The van der Waals surface area contributed by atoms with Gasteiger partial charge in [-0.1, -0.05) is 25.0 Å². The van der Waals surface area contributed by atoms with E-state index in [-0.39, 0.29) is 11.8 Å². The van der Waals surface area contributed by atoms with E-state index in [4.69, 9.17) is 6.42 Å². The first-order valence-electron chi connectivity index (χ1n) is 7.05. The van der Waals surface area contributed by atoms with Crippen LogP contribution < -0.4 is 5.32 Å². The minimum Gasteiger partial charge on any atom is -0.315 e. The number of amides is 2. The molecule has 1 aliphatic rings. The zero-order valence-corrected chi connectivity index (χ0v) is 11.8. The molecule has 0 aromatic heterocycles. The van der Waals surface area contributed by atoms with Gasteiger partial charge < -0.3 is 5.32 Å². The van der Waals surface area contributed by atoms with Crippen LogP contribution in [0.5, 0.6) is 0 Å². The van der Waals surface area contributed by atoms with Gasteiger partial charge in [-0.15, -0.1) is 0 Å². The Bertz CT molecular complexity index is 582. The van der Waals surface area contributed by atoms with Gasteiger partial charge in [-0.2, -0.15) is 0 Å². The lowest BCUT2D eigenvalue weighted by atomic mass is 10.2. The zero-order valence-electron chi connectivity index (χ0n) is 11.8. The van der Waals surface area contributed by atoms with Crippen LogP contribution in [-0.4, -0.2) is 23.3 Å². The number of carbonyl (C=O) groups excluding carboxylic acids is 2. The van der Waals surface area contributed by atoms with Gasteiger partial charge in [0.15, 0.2) is 0 Å². The third-order valence-corrected chi connectivity index (χ3v) is 3.38. The summed E-state index contributed by atoms with van der Waals surface area (Å²) in [5.74, 6) is -0.316. The van der Waals surface area contributed by atoms with Gasteiger partial charge in [0.2, 0.25) is 5.91 Å². The molecule has 1 aromatic rings. The van der Waals surface area contributed by atoms with Crippen LogP contribution in [0.2, 0.25) is 0 Å². The molecule has 1 N–H and O–H groups in total. The summed E-state index contributed by atoms with van der Waals surface area (Å²) >= 11 is 0. The fourth-order valence-electron chi connectivity index (χ4n) is 2.23. The van der Waals surface area contributed by atoms with Crippen LogP contribution in [0, 0.1) is 12.5 Å². The molecular formula is C17H18N2O2. The minimum absolute atomic E-state index is 0.0734. The van der Waals surface area contributed by atoms with Gasteiger partial charge in [-0.05, 0) is 36.6 Å². The van der Waals surface area contributed by atoms with E-state index in [0.717, 1.165) is 30.5 Å². The standard InChI is InChI=1S/C17H18N2O2/c1-2-18-15-10-7-14(8-11-15)9-12-17(21)19-13-5-3-4-6-16(19)20/h1,7-12,18H,3-6,13H2/b12-9+. The first-order valence-corrected chi connectivity index (χ1v) is 7.05. The Hall–Kier alpha value is -2.54. The Morgan fingerprint density at radius 1 is 1.24 bits per heavy atom. The normalized spacial score (nSPS) is 15.6. The molecule has 4 heteroatoms. The van der Waals surface area contributed by atoms with Crippen LogP contribution in [0.1, 0.15) is 31.2 Å². The van der Waals surface area contributed by atoms with E-state index in [9.17, 15) is 9.59 Å². The van der Waals surface area contributed by atoms with Crippen molar-refractivity contribution >= 4 is 23.6 Å². The summed E-state index contributed by atoms with van der Waals surface area (Å²) < 4.78 is 0. The van der Waals surface area contributed by atoms with Gasteiger partial charge in [0.1, 0.15) is 0 Å². The molecule has 4 nitrogen and oxygen atoms in total. The molecule has 1 aliphatic heterocycles. The summed E-state index contributed by atoms with van der Waals surface area (Å²) in [6, 6.07) is 9.72. The van der Waals surface area contributed by atoms with E-state index < -0.39 is 0 Å². The van der Waals surface area contributed by atoms with Gasteiger partial charge in [0.05, 0.1) is 0 Å². The Morgan fingerprint density at radius 3 is 2.71 bits per heavy atom. The molecule has 0 aliphatic carbocycles. The Kier molecular flexibility index (Phi) is 5.16. The van der Waals surface area contributed by atoms with Crippen molar-refractivity contribution in [2.75, 3.05) is 11.9 Å². The molecule has 108 valence electrons. The number of benzene rings is 1. The number of terminal acetylenes is 1. The number of rotatable bonds is 3. The van der Waals surface area contributed by atoms with E-state index in [1.807, 2.05) is 24.3 Å². The fourth-order valence-corrected chi connectivity index (χ4v) is 2.23. The SMILES string of the molecule is C#CNc1ccc(/C=C/C(=O)N2CCCCCC2=O)cc1. The maximum absolute atomic E-state index is 12.1. The Morgan fingerprint density at radius 2 is 2.00 bits per heavy atom. The first kappa shape index (κ1) is 14.9. The summed E-state index contributed by atoms with van der Waals surface area (Å²) in [5.41, 5.74) is 1.71. The van der Waals surface area contributed by atoms with Gasteiger partial charge in [0, 0.05) is 30.8 Å². The highest BCUT2D eigenvalue weighted by atomic mass is 16.2. The lowest BCUT2D eigenvalue weighted by Crippen LogP contribution is -2.35. The van der Waals surface area contributed by atoms with Crippen molar-refractivity contribution in [2.24, 2.45) is 0 Å². The maximum atomic E-state index is 12.1. The molecule has 1 heterocycles. The van der Waals surface area contributed by atoms with E-state index in [2.05, 4.69) is 11.4 Å². The molecule has 1 saturated heterocycles. The maximum Gasteiger partial charge on any atom is 0.253 e. The van der Waals surface area contributed by atoms with E-state index in [1.54, 1.807) is 6.08 Å². The van der Waals surface area contributed by atoms with Crippen molar-refractivity contribution in [1.82, 2.24) is 4.90 Å². The lowest BCUT2D eigenvalue weighted by Gasteiger charge is -2.16. The van der Waals surface area contributed by atoms with E-state index >= 15 is 0 Å². The Balaban J connectivity index is 2.00. The van der Waals surface area contributed by atoms with Crippen molar-refractivity contribution in [1.29, 1.82) is 0 Å². The minimum atomic E-state index is -0.243. The number of hydrogen-bond acceptors (Lipinski definition) is 3. The molecule has 0 bridgehead atoms. The van der Waals surface area contributed by atoms with Crippen LogP contribution in [0.25, 0.3) is 6.08 Å². The van der Waals surface area contributed by atoms with Crippen molar-refractivity contribution in [3.05, 3.63) is 35.9 Å². The highest BCUT2D eigenvalue weighted by molar-refractivity contribution is 6.02. The van der Waals surface area contributed by atoms with Crippen molar-refractivity contribution in [2.45, 2.75) is 25.7 Å². The third-order valence-electron chi connectivity index (χ3n) is 3.38. The molecule has 0 spiro atoms. The molecule has 0 saturated carbocycles. The summed E-state index contributed by atoms with van der Waals surface area (Å²) in [5, 5.41) is 2.75. The van der Waals surface area contributed by atoms with E-state index in [1.165, 1.54) is 11.0 Å². The largest absolute Gasteiger partial charge is 0.315 e. The van der Waals surface area contributed by atoms with Crippen LogP contribution >= 0.6 is 0 Å². The third kappa shape index (κ3) is 4.22. The van der Waals surface area contributed by atoms with Crippen molar-refractivity contribution in [3.8, 4) is 12.5 Å². The van der Waals surface area contributed by atoms with Crippen LogP contribution in [0.4, 0.5) is 5.69 Å². The summed E-state index contributed by atoms with van der Waals surface area (Å²) in [6.45, 7) is 0.521. The molecule has 0 atom stereocenters. The second-order valence-electron chi connectivity index (χ2n) is 4.92. The molecule has 2 amide bonds. The molecular weight excluding hydrogens is 264 g/mol. The van der Waals surface area contributed by atoms with Crippen LogP contribution in [-0.2, 0) is 9.59 Å². The topological polar surface area (TPSA) is 49.4 Å². The molecule has 0 unspecified atom stereocenters. The molecule has 2 rings (SSSR count). The molecule has 0 radical (unpaired) electrons. The molecule has 1 aromatic carbocycles. The Labute approximate surface area is 124 Å². The summed E-state index contributed by atoms with van der Waals surface area (Å²) in [6.07, 6.45) is 11.5. The van der Waals surface area contributed by atoms with E-state index in [0.29, 0.717) is 13.0 Å². The monoisotopic (exact) mass is 282 g/mol. The summed E-state index contributed by atoms with van der Waals surface area (Å²) in [7, 11) is 0. The fraction of sp³-hybridized carbons (Fsp3) is 0.294. The number of likely N-dealkylation sites (tertiary alicyclic amines) is 1. The van der Waals surface area contributed by atoms with Gasteiger partial charge in [0.25, 0.3) is 5.91 Å². The highest BCUT2D eigenvalue weighted by Crippen LogP contribution is 2.13. The van der Waals surface area contributed by atoms with Gasteiger partial charge in [-0.25, -0.2) is 0 Å². The lowest BCUT2D eigenvalue weighted by molar-refractivity contribution is -0.141. The number of carbonyl (C=O) groups is 2. The highest BCUT2D eigenvalue weighted by Gasteiger charge is 2.20. The average Bonchev–Trinajstić information content (AvgIpc) is 2.71. The van der Waals surface area contributed by atoms with Crippen molar-refractivity contribution in [3.63, 3.8) is 0 Å². The average molecular weight is 282 g/mol. The smallest absolute Gasteiger partial charge is 0.253 e. The molecule has 21 heavy (non-hydrogen) atoms. The predicted molar refractivity (Wildman–Crippen MR) is 83.1 cm³/mol. The number of anilines is 1. The number of nitrogens with zero attached hydrogens (tertiary/aromatic N) is 1. The second-order valence-corrected chi connectivity index (χ2v) is 4.92. The van der Waals surface area contributed by atoms with Crippen LogP contribution in [0.15, 0.2) is 30.3 Å². The quantitative estimate of drug-likeness (QED) is 0.527. The van der Waals surface area contributed by atoms with Crippen LogP contribution in [0.3, 0.4) is 0 Å². The number of imide groups is 1.